The summed E-state index contributed by atoms with van der Waals surface area (Å²) in [5.74, 6) is 0. The summed E-state index contributed by atoms with van der Waals surface area (Å²) < 4.78 is 4.21. The van der Waals surface area contributed by atoms with Crippen molar-refractivity contribution in [2.45, 2.75) is 0 Å². The quantitative estimate of drug-likeness (QED) is 0.363. The molecule has 1 radical (unpaired) electrons. The van der Waals surface area contributed by atoms with Gasteiger partial charge in [-0.3, -0.25) is 4.79 Å². The maximum atomic E-state index is 9.40. The van der Waals surface area contributed by atoms with Gasteiger partial charge < -0.3 is 4.43 Å². The molecule has 0 bridgehead atoms. The molecule has 0 aliphatic carbocycles. The van der Waals surface area contributed by atoms with Crippen molar-refractivity contribution in [1.29, 1.82) is 0 Å². The van der Waals surface area contributed by atoms with Crippen LogP contribution >= 0.6 is 0 Å². The molecule has 0 aromatic heterocycles. The monoisotopic (exact) mass is 181 g/mol. The Morgan fingerprint density at radius 2 is 2.00 bits per heavy atom. The smallest absolute Gasteiger partial charge is 0.344 e. The molecule has 1 saturated heterocycles. The van der Waals surface area contributed by atoms with Crippen LogP contribution in [0.5, 0.6) is 0 Å². The van der Waals surface area contributed by atoms with Crippen LogP contribution in [0.2, 0.25) is 0 Å². The molecule has 1 fully saturated rings. The van der Waals surface area contributed by atoms with Gasteiger partial charge in [0.15, 0.2) is 0 Å². The van der Waals surface area contributed by atoms with E-state index in [0.29, 0.717) is 0 Å². The number of hydrogen-bond acceptors (Lipinski definition) is 2. The van der Waals surface area contributed by atoms with E-state index in [1.54, 1.807) is 0 Å². The Labute approximate surface area is 47.3 Å². The molecule has 4 heteroatoms. The van der Waals surface area contributed by atoms with Gasteiger partial charge in [-0.1, -0.05) is 0 Å². The summed E-state index contributed by atoms with van der Waals surface area (Å²) in [7, 11) is -0.548. The topological polar surface area (TPSA) is 29.6 Å². The van der Waals surface area contributed by atoms with Gasteiger partial charge in [0.2, 0.25) is 0 Å². The van der Waals surface area contributed by atoms with Crippen LogP contribution in [0.25, 0.3) is 0 Å². The van der Waals surface area contributed by atoms with Crippen LogP contribution in [0.1, 0.15) is 0 Å². The third-order valence-electron chi connectivity index (χ3n) is 0.262. The Hall–Kier alpha value is 0.427. The molecule has 0 aromatic carbocycles. The molecule has 0 unspecified atom stereocenters. The molecule has 1 heterocycles. The predicted octanol–water partition coefficient (Wildman–Crippen LogP) is -0.782. The van der Waals surface area contributed by atoms with Crippen LogP contribution in [-0.4, -0.2) is 15.4 Å². The number of carbonyl (C=O) groups is 1. The summed E-state index contributed by atoms with van der Waals surface area (Å²) in [6.45, 7) is 0. The predicted molar refractivity (Wildman–Crippen MR) is 15.0 cm³/mol. The molecule has 0 aromatic rings. The molecule has 0 N–H and O–H groups in total. The van der Waals surface area contributed by atoms with Gasteiger partial charge in [0.1, 0.15) is 0 Å². The number of rotatable bonds is 0. The zero-order valence-electron chi connectivity index (χ0n) is 2.33. The molecule has 1 aliphatic rings. The van der Waals surface area contributed by atoms with Gasteiger partial charge >= 0.3 is 9.76 Å². The average molecular weight is 182 g/mol. The molecular formula is CH2AgO2Si. The van der Waals surface area contributed by atoms with Crippen LogP contribution in [0.4, 0.5) is 4.79 Å². The fourth-order valence-electron chi connectivity index (χ4n) is 0.0295. The Morgan fingerprint density at radius 1 is 1.80 bits per heavy atom. The van der Waals surface area contributed by atoms with Gasteiger partial charge in [-0.15, -0.1) is 0 Å². The van der Waals surface area contributed by atoms with Crippen molar-refractivity contribution >= 4 is 15.4 Å². The van der Waals surface area contributed by atoms with E-state index in [1.165, 1.54) is 0 Å². The van der Waals surface area contributed by atoms with E-state index in [-0.39, 0.29) is 28.0 Å². The summed E-state index contributed by atoms with van der Waals surface area (Å²) >= 11 is 0. The Kier molecular flexibility index (Phi) is 1.92. The number of hydrogen-bond donors (Lipinski definition) is 0. The van der Waals surface area contributed by atoms with Crippen molar-refractivity contribution in [3.8, 4) is 0 Å². The molecule has 2 nitrogen and oxygen atoms in total. The third-order valence-corrected chi connectivity index (χ3v) is 0.787. The van der Waals surface area contributed by atoms with Crippen molar-refractivity contribution in [2.24, 2.45) is 0 Å². The van der Waals surface area contributed by atoms with Crippen molar-refractivity contribution in [2.75, 3.05) is 0 Å². The fraction of sp³-hybridized carbons (Fsp3) is 0. The normalized spacial score (nSPS) is 20.4. The molecule has 0 atom stereocenters. The van der Waals surface area contributed by atoms with Gasteiger partial charge in [-0.05, 0) is 0 Å². The van der Waals surface area contributed by atoms with Crippen molar-refractivity contribution in [3.05, 3.63) is 0 Å². The zero-order chi connectivity index (χ0) is 2.99. The summed E-state index contributed by atoms with van der Waals surface area (Å²) in [6, 6.07) is 0. The molecule has 33 valence electrons. The van der Waals surface area contributed by atoms with E-state index in [4.69, 9.17) is 0 Å². The van der Waals surface area contributed by atoms with Crippen molar-refractivity contribution < 1.29 is 31.6 Å². The first kappa shape index (κ1) is 5.43. The van der Waals surface area contributed by atoms with E-state index in [2.05, 4.69) is 4.43 Å². The Morgan fingerprint density at radius 3 is 2.00 bits per heavy atom. The Bertz CT molecular complexity index is 47.6. The van der Waals surface area contributed by atoms with Crippen LogP contribution in [-0.2, 0) is 26.8 Å². The maximum absolute atomic E-state index is 9.40. The third kappa shape index (κ3) is 2.22. The molecule has 1 rings (SSSR count). The minimum Gasteiger partial charge on any atom is -0.514 e. The van der Waals surface area contributed by atoms with Gasteiger partial charge in [-0.2, -0.15) is 0 Å². The molecular weight excluding hydrogens is 180 g/mol. The van der Waals surface area contributed by atoms with E-state index < -0.39 is 9.76 Å². The van der Waals surface area contributed by atoms with E-state index in [1.807, 2.05) is 0 Å². The van der Waals surface area contributed by atoms with Crippen molar-refractivity contribution in [1.82, 2.24) is 0 Å². The zero-order valence-corrected chi connectivity index (χ0v) is 5.22. The van der Waals surface area contributed by atoms with Crippen LogP contribution in [0, 0.1) is 0 Å². The van der Waals surface area contributed by atoms with Gasteiger partial charge in [0.05, 0.1) is 0 Å². The summed E-state index contributed by atoms with van der Waals surface area (Å²) in [5, 5.41) is 0. The second-order valence-electron chi connectivity index (χ2n) is 0.661. The maximum Gasteiger partial charge on any atom is 0.344 e. The minimum absolute atomic E-state index is 0. The second kappa shape index (κ2) is 1.77. The van der Waals surface area contributed by atoms with Crippen LogP contribution in [0.15, 0.2) is 0 Å². The number of carbonyl (C=O) groups excluding carboxylic acids is 1. The minimum atomic E-state index is -0.548. The largest absolute Gasteiger partial charge is 0.514 e. The first-order valence-corrected chi connectivity index (χ1v) is 2.33. The van der Waals surface area contributed by atoms with Crippen LogP contribution in [0.3, 0.4) is 0 Å². The average Bonchev–Trinajstić information content (AvgIpc) is 1.75. The second-order valence-corrected chi connectivity index (χ2v) is 1.82. The standard InChI is InChI=1S/CH2O2Si.Ag/c2-1-3-4-1;/h4H2;. The van der Waals surface area contributed by atoms with Gasteiger partial charge in [0.25, 0.3) is 5.59 Å². The first-order valence-electron chi connectivity index (χ1n) is 1.05. The summed E-state index contributed by atoms with van der Waals surface area (Å²) in [6.07, 6.45) is 0. The van der Waals surface area contributed by atoms with Gasteiger partial charge in [-0.25, -0.2) is 0 Å². The SMILES string of the molecule is O=C1O[SiH2]1.[Ag]. The van der Waals surface area contributed by atoms with Gasteiger partial charge in [0, 0.05) is 22.4 Å². The summed E-state index contributed by atoms with van der Waals surface area (Å²) in [5.41, 5.74) is 0.0556. The van der Waals surface area contributed by atoms with E-state index in [0.717, 1.165) is 0 Å². The molecule has 5 heavy (non-hydrogen) atoms. The van der Waals surface area contributed by atoms with Crippen molar-refractivity contribution in [3.63, 3.8) is 0 Å². The van der Waals surface area contributed by atoms with E-state index >= 15 is 0 Å². The summed E-state index contributed by atoms with van der Waals surface area (Å²) in [4.78, 5) is 9.40. The molecule has 0 saturated carbocycles. The molecule has 1 aliphatic heterocycles. The fourth-order valence-corrected chi connectivity index (χ4v) is 0.0884. The van der Waals surface area contributed by atoms with Crippen LogP contribution < -0.4 is 0 Å². The molecule has 0 amide bonds. The molecule has 0 spiro atoms. The Balaban J connectivity index is 0.000000160. The first-order chi connectivity index (χ1) is 1.89. The van der Waals surface area contributed by atoms with E-state index in [9.17, 15) is 4.79 Å².